The van der Waals surface area contributed by atoms with Crippen LogP contribution in [0.4, 0.5) is 0 Å². The maximum atomic E-state index is 13.8. The van der Waals surface area contributed by atoms with Crippen molar-refractivity contribution in [1.82, 2.24) is 0 Å². The fourth-order valence-electron chi connectivity index (χ4n) is 12.5. The number of fused-ring (bicyclic) bond motifs is 9. The van der Waals surface area contributed by atoms with Crippen LogP contribution >= 0.6 is 15.9 Å². The summed E-state index contributed by atoms with van der Waals surface area (Å²) in [5, 5.41) is 13.5. The van der Waals surface area contributed by atoms with E-state index in [0.29, 0.717) is 41.3 Å². The molecule has 14 nitrogen and oxygen atoms in total. The predicted molar refractivity (Wildman–Crippen MR) is 212 cm³/mol. The molecule has 2 aliphatic heterocycles. The second-order valence-electron chi connectivity index (χ2n) is 17.7. The number of methoxy groups -OCH3 is 2. The van der Waals surface area contributed by atoms with Crippen LogP contribution in [0.15, 0.2) is 53.0 Å². The largest absolute Gasteiger partial charge is 0.469 e. The first-order valence-corrected chi connectivity index (χ1v) is 20.7. The Morgan fingerprint density at radius 1 is 0.915 bits per heavy atom. The van der Waals surface area contributed by atoms with Gasteiger partial charge in [-0.1, -0.05) is 38.6 Å². The SMILES string of the molecule is C=C1C[C@@]2(O)C3CC[C@]4(C)C(CC[C@@]5(C(C)OC(=O)c6ccccc6Br)COC(=O)C=C[C@H]54)[C@@]3(C)[C@H](OC(C)=O)[C@H](OC(C)=O)[C@@]2(C)[C@]2(C(=O)OC)O[C@H]12.COC(C)=O. The highest BCUT2D eigenvalue weighted by molar-refractivity contribution is 9.10. The molecule has 1 aromatic rings. The van der Waals surface area contributed by atoms with E-state index in [2.05, 4.69) is 34.2 Å². The summed E-state index contributed by atoms with van der Waals surface area (Å²) < 4.78 is 40.8. The van der Waals surface area contributed by atoms with Crippen molar-refractivity contribution in [2.75, 3.05) is 20.8 Å². The van der Waals surface area contributed by atoms with Gasteiger partial charge < -0.3 is 38.3 Å². The fourth-order valence-corrected chi connectivity index (χ4v) is 13.0. The number of carbonyl (C=O) groups excluding carboxylic acids is 6. The number of rotatable bonds is 6. The number of aliphatic hydroxyl groups is 1. The Morgan fingerprint density at radius 3 is 2.12 bits per heavy atom. The number of esters is 6. The van der Waals surface area contributed by atoms with Crippen molar-refractivity contribution >= 4 is 51.7 Å². The lowest BCUT2D eigenvalue weighted by Crippen LogP contribution is -2.82. The van der Waals surface area contributed by atoms with E-state index in [0.717, 1.165) is 0 Å². The van der Waals surface area contributed by atoms with Gasteiger partial charge in [0.05, 0.1) is 30.8 Å². The van der Waals surface area contributed by atoms with Gasteiger partial charge in [-0.25, -0.2) is 14.4 Å². The summed E-state index contributed by atoms with van der Waals surface area (Å²) >= 11 is 3.45. The molecule has 1 N–H and O–H groups in total. The lowest BCUT2D eigenvalue weighted by Gasteiger charge is -2.73. The van der Waals surface area contributed by atoms with E-state index in [1.165, 1.54) is 41.1 Å². The van der Waals surface area contributed by atoms with E-state index in [4.69, 9.17) is 28.4 Å². The van der Waals surface area contributed by atoms with Gasteiger partial charge in [-0.15, -0.1) is 0 Å². The number of hydrogen-bond acceptors (Lipinski definition) is 14. The molecule has 3 unspecified atom stereocenters. The molecule has 59 heavy (non-hydrogen) atoms. The summed E-state index contributed by atoms with van der Waals surface area (Å²) in [4.78, 5) is 76.2. The average molecular weight is 888 g/mol. The third kappa shape index (κ3) is 6.47. The molecule has 13 atom stereocenters. The van der Waals surface area contributed by atoms with Crippen molar-refractivity contribution in [2.45, 2.75) is 116 Å². The molecule has 322 valence electrons. The van der Waals surface area contributed by atoms with Crippen LogP contribution in [0, 0.1) is 39.4 Å². The Balaban J connectivity index is 0.00000110. The summed E-state index contributed by atoms with van der Waals surface area (Å²) in [6.07, 6.45) is 1.25. The number of halogens is 1. The predicted octanol–water partition coefficient (Wildman–Crippen LogP) is 5.61. The van der Waals surface area contributed by atoms with Gasteiger partial charge in [0.1, 0.15) is 24.9 Å². The van der Waals surface area contributed by atoms with Gasteiger partial charge in [-0.3, -0.25) is 14.4 Å². The maximum absolute atomic E-state index is 13.8. The molecule has 15 heteroatoms. The highest BCUT2D eigenvalue weighted by Crippen LogP contribution is 2.78. The smallest absolute Gasteiger partial charge is 0.342 e. The molecule has 0 spiro atoms. The molecule has 2 heterocycles. The second kappa shape index (κ2) is 15.4. The molecule has 0 amide bonds. The van der Waals surface area contributed by atoms with E-state index in [1.807, 2.05) is 26.0 Å². The summed E-state index contributed by atoms with van der Waals surface area (Å²) in [6.45, 7) is 15.8. The number of cyclic esters (lactones) is 1. The van der Waals surface area contributed by atoms with E-state index < -0.39 is 93.0 Å². The first-order chi connectivity index (χ1) is 27.6. The molecule has 4 saturated carbocycles. The number of ether oxygens (including phenoxy) is 7. The zero-order valence-corrected chi connectivity index (χ0v) is 36.7. The Labute approximate surface area is 352 Å². The third-order valence-corrected chi connectivity index (χ3v) is 15.8. The standard InChI is InChI=1S/C41H49BrO12.C3H6O2/c1-21-19-40(48)29-15-17-36(5)27(16-18-39(20-50-30(45)14-13-28(36)39)22(2)51-34(46)25-11-9-10-12-26(25)42)37(29,6)32(52-23(3)43)33(53-24(4)44)38(40,7)41(31(21)54-41)35(47)49-8;1-3(4)5-2/h9-14,22,27-29,31-33,48H,1,15-20H2,2-8H3;1-2H3/t22?,27?,28-,29?,31+,32+,33-,36+,37+,38+,39-,40+,41-;/m0./s1. The third-order valence-electron chi connectivity index (χ3n) is 15.1. The van der Waals surface area contributed by atoms with Gasteiger partial charge in [0.15, 0.2) is 6.10 Å². The maximum Gasteiger partial charge on any atom is 0.342 e. The summed E-state index contributed by atoms with van der Waals surface area (Å²) in [7, 11) is 2.58. The van der Waals surface area contributed by atoms with Crippen LogP contribution in [0.1, 0.15) is 90.9 Å². The molecular formula is C44H55BrO14. The molecule has 1 saturated heterocycles. The van der Waals surface area contributed by atoms with Crippen LogP contribution in [-0.4, -0.2) is 97.4 Å². The number of allylic oxidation sites excluding steroid dienone is 1. The zero-order valence-electron chi connectivity index (χ0n) is 35.1. The summed E-state index contributed by atoms with van der Waals surface area (Å²) in [6, 6.07) is 7.00. The minimum atomic E-state index is -1.75. The van der Waals surface area contributed by atoms with Crippen molar-refractivity contribution in [3.05, 3.63) is 58.6 Å². The monoisotopic (exact) mass is 886 g/mol. The summed E-state index contributed by atoms with van der Waals surface area (Å²) in [5.74, 6) is -4.63. The van der Waals surface area contributed by atoms with Crippen LogP contribution in [0.3, 0.4) is 0 Å². The molecule has 5 fully saturated rings. The van der Waals surface area contributed by atoms with E-state index in [1.54, 1.807) is 25.1 Å². The molecule has 1 aromatic carbocycles. The minimum absolute atomic E-state index is 0.00200. The Morgan fingerprint density at radius 2 is 1.53 bits per heavy atom. The molecular weight excluding hydrogens is 832 g/mol. The minimum Gasteiger partial charge on any atom is -0.469 e. The zero-order chi connectivity index (χ0) is 43.7. The van der Waals surface area contributed by atoms with Gasteiger partial charge in [0.2, 0.25) is 5.60 Å². The normalized spacial score (nSPS) is 40.5. The van der Waals surface area contributed by atoms with Crippen LogP contribution in [0.25, 0.3) is 0 Å². The average Bonchev–Trinajstić information content (AvgIpc) is 3.97. The van der Waals surface area contributed by atoms with Crippen molar-refractivity contribution in [1.29, 1.82) is 0 Å². The van der Waals surface area contributed by atoms with Crippen molar-refractivity contribution in [3.63, 3.8) is 0 Å². The summed E-state index contributed by atoms with van der Waals surface area (Å²) in [5.41, 5.74) is -6.80. The van der Waals surface area contributed by atoms with Gasteiger partial charge in [0, 0.05) is 48.6 Å². The van der Waals surface area contributed by atoms with Crippen LogP contribution < -0.4 is 0 Å². The van der Waals surface area contributed by atoms with Crippen LogP contribution in [-0.2, 0) is 57.1 Å². The number of carbonyl (C=O) groups is 6. The Hall–Kier alpha value is -4.08. The quantitative estimate of drug-likeness (QED) is 0.161. The number of hydrogen-bond donors (Lipinski definition) is 1. The van der Waals surface area contributed by atoms with Crippen molar-refractivity contribution in [2.24, 2.45) is 39.4 Å². The number of benzene rings is 1. The Kier molecular flexibility index (Phi) is 11.6. The van der Waals surface area contributed by atoms with Gasteiger partial charge >= 0.3 is 35.8 Å². The molecule has 0 bridgehead atoms. The van der Waals surface area contributed by atoms with Gasteiger partial charge in [-0.05, 0) is 96.3 Å². The van der Waals surface area contributed by atoms with Crippen LogP contribution in [0.5, 0.6) is 0 Å². The lowest BCUT2D eigenvalue weighted by molar-refractivity contribution is -0.336. The van der Waals surface area contributed by atoms with Crippen LogP contribution in [0.2, 0.25) is 0 Å². The van der Waals surface area contributed by atoms with E-state index >= 15 is 0 Å². The first kappa shape index (κ1) is 44.5. The van der Waals surface area contributed by atoms with E-state index in [-0.39, 0.29) is 30.8 Å². The molecule has 0 radical (unpaired) electrons. The molecule has 6 aliphatic rings. The molecule has 0 aromatic heterocycles. The molecule has 7 rings (SSSR count). The highest BCUT2D eigenvalue weighted by Gasteiger charge is 2.90. The van der Waals surface area contributed by atoms with Crippen molar-refractivity contribution < 1.29 is 67.0 Å². The van der Waals surface area contributed by atoms with Gasteiger partial charge in [-0.2, -0.15) is 0 Å². The fraction of sp³-hybridized carbons (Fsp3) is 0.636. The molecule has 4 aliphatic carbocycles. The van der Waals surface area contributed by atoms with Crippen molar-refractivity contribution in [3.8, 4) is 0 Å². The lowest BCUT2D eigenvalue weighted by atomic mass is 9.32. The topological polar surface area (TPSA) is 191 Å². The first-order valence-electron chi connectivity index (χ1n) is 19.9. The number of epoxide rings is 1. The Bertz CT molecular complexity index is 1980. The second-order valence-corrected chi connectivity index (χ2v) is 18.6. The van der Waals surface area contributed by atoms with E-state index in [9.17, 15) is 33.9 Å². The highest BCUT2D eigenvalue weighted by atomic mass is 79.9. The van der Waals surface area contributed by atoms with Gasteiger partial charge in [0.25, 0.3) is 0 Å².